The number of hydrogen-bond donors (Lipinski definition) is 1. The van der Waals surface area contributed by atoms with Crippen LogP contribution in [0.4, 0.5) is 5.88 Å². The van der Waals surface area contributed by atoms with Crippen molar-refractivity contribution in [1.82, 2.24) is 4.98 Å². The maximum absolute atomic E-state index is 9.40. The van der Waals surface area contributed by atoms with Gasteiger partial charge in [-0.25, -0.2) is 0 Å². The summed E-state index contributed by atoms with van der Waals surface area (Å²) in [6.45, 7) is 3.30. The average molecular weight is 407 g/mol. The van der Waals surface area contributed by atoms with E-state index < -0.39 is 0 Å². The molecule has 0 fully saturated rings. The lowest BCUT2D eigenvalue weighted by Crippen LogP contribution is -2.05. The van der Waals surface area contributed by atoms with Crippen LogP contribution in [0.1, 0.15) is 24.6 Å². The van der Waals surface area contributed by atoms with E-state index in [0.717, 1.165) is 23.3 Å². The highest BCUT2D eigenvalue weighted by molar-refractivity contribution is 5.59. The fourth-order valence-electron chi connectivity index (χ4n) is 2.91. The lowest BCUT2D eigenvalue weighted by Gasteiger charge is -2.09. The molecular formula is C23H25N3O4. The van der Waals surface area contributed by atoms with E-state index in [1.54, 1.807) is 14.2 Å². The van der Waals surface area contributed by atoms with E-state index in [9.17, 15) is 5.26 Å². The Bertz CT molecular complexity index is 1010. The molecule has 0 unspecified atom stereocenters. The predicted molar refractivity (Wildman–Crippen MR) is 114 cm³/mol. The number of anilines is 1. The molecule has 1 N–H and O–H groups in total. The van der Waals surface area contributed by atoms with Crippen LogP contribution in [0.3, 0.4) is 0 Å². The van der Waals surface area contributed by atoms with Crippen LogP contribution in [0.2, 0.25) is 0 Å². The standard InChI is InChI=1S/C23H25N3O4/c1-4-13-29-18-8-6-17(7-9-18)22-26-19(15-24)23(30-22)25-12-11-16-5-10-20(27-2)21(14-16)28-3/h5-10,14,25H,4,11-13H2,1-3H3. The minimum atomic E-state index is 0.226. The smallest absolute Gasteiger partial charge is 0.232 e. The van der Waals surface area contributed by atoms with Crippen molar-refractivity contribution in [3.8, 4) is 34.8 Å². The van der Waals surface area contributed by atoms with Gasteiger partial charge in [0, 0.05) is 12.1 Å². The Hall–Kier alpha value is -3.66. The van der Waals surface area contributed by atoms with E-state index in [1.807, 2.05) is 42.5 Å². The van der Waals surface area contributed by atoms with Crippen molar-refractivity contribution in [1.29, 1.82) is 5.26 Å². The number of oxazole rings is 1. The number of methoxy groups -OCH3 is 2. The highest BCUT2D eigenvalue weighted by Gasteiger charge is 2.14. The highest BCUT2D eigenvalue weighted by atomic mass is 16.5. The number of aromatic nitrogens is 1. The molecule has 0 aliphatic rings. The van der Waals surface area contributed by atoms with Gasteiger partial charge >= 0.3 is 0 Å². The number of nitrogens with zero attached hydrogens (tertiary/aromatic N) is 2. The van der Waals surface area contributed by atoms with Crippen LogP contribution in [-0.4, -0.2) is 32.4 Å². The fourth-order valence-corrected chi connectivity index (χ4v) is 2.91. The summed E-state index contributed by atoms with van der Waals surface area (Å²) in [5, 5.41) is 12.6. The Kier molecular flexibility index (Phi) is 7.17. The molecule has 0 saturated heterocycles. The Labute approximate surface area is 176 Å². The monoisotopic (exact) mass is 407 g/mol. The number of rotatable bonds is 10. The first-order valence-corrected chi connectivity index (χ1v) is 9.77. The van der Waals surface area contributed by atoms with Crippen LogP contribution in [0, 0.1) is 11.3 Å². The minimum absolute atomic E-state index is 0.226. The molecule has 0 radical (unpaired) electrons. The summed E-state index contributed by atoms with van der Waals surface area (Å²) in [5.41, 5.74) is 2.08. The second-order valence-electron chi connectivity index (χ2n) is 6.55. The molecule has 0 aliphatic carbocycles. The van der Waals surface area contributed by atoms with Crippen molar-refractivity contribution >= 4 is 5.88 Å². The highest BCUT2D eigenvalue weighted by Crippen LogP contribution is 2.29. The van der Waals surface area contributed by atoms with Gasteiger partial charge < -0.3 is 23.9 Å². The first-order valence-electron chi connectivity index (χ1n) is 9.77. The third kappa shape index (κ3) is 5.03. The van der Waals surface area contributed by atoms with Crippen molar-refractivity contribution in [2.24, 2.45) is 0 Å². The summed E-state index contributed by atoms with van der Waals surface area (Å²) in [5.74, 6) is 2.91. The number of nitrogens with one attached hydrogen (secondary N) is 1. The van der Waals surface area contributed by atoms with Crippen LogP contribution in [-0.2, 0) is 6.42 Å². The van der Waals surface area contributed by atoms with Gasteiger partial charge in [-0.15, -0.1) is 0 Å². The third-order valence-electron chi connectivity index (χ3n) is 4.45. The van der Waals surface area contributed by atoms with Gasteiger partial charge in [0.1, 0.15) is 11.8 Å². The lowest BCUT2D eigenvalue weighted by atomic mass is 10.1. The fraction of sp³-hybridized carbons (Fsp3) is 0.304. The normalized spacial score (nSPS) is 10.3. The summed E-state index contributed by atoms with van der Waals surface area (Å²) in [6.07, 6.45) is 1.66. The predicted octanol–water partition coefficient (Wildman–Crippen LogP) is 4.67. The van der Waals surface area contributed by atoms with Gasteiger partial charge in [-0.05, 0) is 54.8 Å². The maximum Gasteiger partial charge on any atom is 0.232 e. The molecule has 3 aromatic rings. The summed E-state index contributed by atoms with van der Waals surface area (Å²) in [7, 11) is 3.22. The van der Waals surface area contributed by atoms with E-state index in [-0.39, 0.29) is 5.69 Å². The lowest BCUT2D eigenvalue weighted by molar-refractivity contribution is 0.317. The van der Waals surface area contributed by atoms with Gasteiger partial charge in [-0.3, -0.25) is 0 Å². The Morgan fingerprint density at radius 2 is 1.83 bits per heavy atom. The molecule has 7 heteroatoms. The van der Waals surface area contributed by atoms with Gasteiger partial charge in [-0.2, -0.15) is 10.2 Å². The quantitative estimate of drug-likeness (QED) is 0.522. The van der Waals surface area contributed by atoms with Crippen LogP contribution >= 0.6 is 0 Å². The third-order valence-corrected chi connectivity index (χ3v) is 4.45. The second kappa shape index (κ2) is 10.2. The number of benzene rings is 2. The molecule has 156 valence electrons. The van der Waals surface area contributed by atoms with E-state index in [4.69, 9.17) is 18.6 Å². The molecule has 7 nitrogen and oxygen atoms in total. The number of hydrogen-bond acceptors (Lipinski definition) is 7. The molecule has 0 spiro atoms. The van der Waals surface area contributed by atoms with Crippen LogP contribution in [0.5, 0.6) is 17.2 Å². The second-order valence-corrected chi connectivity index (χ2v) is 6.55. The SMILES string of the molecule is CCCOc1ccc(-c2nc(C#N)c(NCCc3ccc(OC)c(OC)c3)o2)cc1. The maximum atomic E-state index is 9.40. The number of ether oxygens (including phenoxy) is 3. The van der Waals surface area contributed by atoms with E-state index in [0.29, 0.717) is 42.8 Å². The Balaban J connectivity index is 1.66. The van der Waals surface area contributed by atoms with Crippen LogP contribution < -0.4 is 19.5 Å². The molecule has 0 aliphatic heterocycles. The van der Waals surface area contributed by atoms with Crippen LogP contribution in [0.15, 0.2) is 46.9 Å². The van der Waals surface area contributed by atoms with Gasteiger partial charge in [0.2, 0.25) is 17.5 Å². The zero-order valence-electron chi connectivity index (χ0n) is 17.4. The molecular weight excluding hydrogens is 382 g/mol. The van der Waals surface area contributed by atoms with Gasteiger partial charge in [0.25, 0.3) is 0 Å². The first kappa shape index (κ1) is 21.1. The molecule has 0 saturated carbocycles. The van der Waals surface area contributed by atoms with Gasteiger partial charge in [0.15, 0.2) is 11.5 Å². The summed E-state index contributed by atoms with van der Waals surface area (Å²) in [4.78, 5) is 4.30. The van der Waals surface area contributed by atoms with Crippen molar-refractivity contribution in [2.45, 2.75) is 19.8 Å². The van der Waals surface area contributed by atoms with Crippen molar-refractivity contribution in [3.63, 3.8) is 0 Å². The van der Waals surface area contributed by atoms with Crippen molar-refractivity contribution in [2.75, 3.05) is 32.7 Å². The molecule has 2 aromatic carbocycles. The summed E-state index contributed by atoms with van der Waals surface area (Å²) < 4.78 is 22.0. The van der Waals surface area contributed by atoms with E-state index in [2.05, 4.69) is 23.3 Å². The molecule has 0 atom stereocenters. The molecule has 0 bridgehead atoms. The minimum Gasteiger partial charge on any atom is -0.494 e. The average Bonchev–Trinajstić information content (AvgIpc) is 3.21. The van der Waals surface area contributed by atoms with Crippen molar-refractivity contribution < 1.29 is 18.6 Å². The van der Waals surface area contributed by atoms with Crippen LogP contribution in [0.25, 0.3) is 11.5 Å². The van der Waals surface area contributed by atoms with Gasteiger partial charge in [-0.1, -0.05) is 13.0 Å². The van der Waals surface area contributed by atoms with E-state index >= 15 is 0 Å². The zero-order valence-corrected chi connectivity index (χ0v) is 17.4. The Morgan fingerprint density at radius 3 is 2.50 bits per heavy atom. The first-order chi connectivity index (χ1) is 14.7. The van der Waals surface area contributed by atoms with Gasteiger partial charge in [0.05, 0.1) is 20.8 Å². The summed E-state index contributed by atoms with van der Waals surface area (Å²) >= 11 is 0. The van der Waals surface area contributed by atoms with E-state index in [1.165, 1.54) is 0 Å². The molecule has 0 amide bonds. The molecule has 1 heterocycles. The molecule has 1 aromatic heterocycles. The largest absolute Gasteiger partial charge is 0.494 e. The zero-order chi connectivity index (χ0) is 21.3. The molecule has 3 rings (SSSR count). The topological polar surface area (TPSA) is 89.5 Å². The summed E-state index contributed by atoms with van der Waals surface area (Å²) in [6, 6.07) is 15.3. The Morgan fingerprint density at radius 1 is 1.07 bits per heavy atom. The molecule has 30 heavy (non-hydrogen) atoms. The number of nitriles is 1. The van der Waals surface area contributed by atoms with Crippen molar-refractivity contribution in [3.05, 3.63) is 53.7 Å².